The average molecular weight is 251 g/mol. The van der Waals surface area contributed by atoms with Gasteiger partial charge in [-0.25, -0.2) is 0 Å². The van der Waals surface area contributed by atoms with Gasteiger partial charge in [0.25, 0.3) is 0 Å². The van der Waals surface area contributed by atoms with Crippen LogP contribution in [0.2, 0.25) is 0 Å². The summed E-state index contributed by atoms with van der Waals surface area (Å²) in [5, 5.41) is 8.39. The Morgan fingerprint density at radius 3 is 2.27 bits per heavy atom. The highest BCUT2D eigenvalue weighted by atomic mass is 35.5. The van der Waals surface area contributed by atoms with Crippen molar-refractivity contribution >= 4 is 24.8 Å². The molecular formula is C9H16Cl2N4. The molecular weight excluding hydrogens is 235 g/mol. The predicted molar refractivity (Wildman–Crippen MR) is 62.7 cm³/mol. The van der Waals surface area contributed by atoms with Gasteiger partial charge in [0.1, 0.15) is 11.6 Å². The van der Waals surface area contributed by atoms with Crippen LogP contribution in [0.15, 0.2) is 0 Å². The molecule has 2 fully saturated rings. The van der Waals surface area contributed by atoms with Crippen LogP contribution < -0.4 is 5.73 Å². The summed E-state index contributed by atoms with van der Waals surface area (Å²) in [6.07, 6.45) is 5.14. The zero-order valence-corrected chi connectivity index (χ0v) is 10.1. The van der Waals surface area contributed by atoms with E-state index in [-0.39, 0.29) is 24.8 Å². The Kier molecular flexibility index (Phi) is 3.98. The van der Waals surface area contributed by atoms with Gasteiger partial charge >= 0.3 is 0 Å². The van der Waals surface area contributed by atoms with Gasteiger partial charge in [-0.1, -0.05) is 0 Å². The molecule has 2 aliphatic carbocycles. The number of hydrogen-bond donors (Lipinski definition) is 1. The van der Waals surface area contributed by atoms with Gasteiger partial charge in [0.05, 0.1) is 6.54 Å². The van der Waals surface area contributed by atoms with Crippen LogP contribution in [0.3, 0.4) is 0 Å². The van der Waals surface area contributed by atoms with E-state index in [1.54, 1.807) is 0 Å². The normalized spacial score (nSPS) is 19.3. The van der Waals surface area contributed by atoms with Crippen LogP contribution in [0.4, 0.5) is 0 Å². The monoisotopic (exact) mass is 250 g/mol. The summed E-state index contributed by atoms with van der Waals surface area (Å²) in [5.41, 5.74) is 5.63. The molecule has 6 heteroatoms. The molecule has 3 rings (SSSR count). The second-order valence-electron chi connectivity index (χ2n) is 4.05. The molecule has 0 bridgehead atoms. The summed E-state index contributed by atoms with van der Waals surface area (Å²) < 4.78 is 2.29. The van der Waals surface area contributed by atoms with Crippen LogP contribution in [0, 0.1) is 0 Å². The zero-order chi connectivity index (χ0) is 8.84. The number of hydrogen-bond acceptors (Lipinski definition) is 3. The third-order valence-corrected chi connectivity index (χ3v) is 2.83. The van der Waals surface area contributed by atoms with Crippen molar-refractivity contribution in [2.75, 3.05) is 0 Å². The first-order valence-electron chi connectivity index (χ1n) is 5.04. The minimum atomic E-state index is 0. The Balaban J connectivity index is 0.000000562. The van der Waals surface area contributed by atoms with Gasteiger partial charge in [-0.05, 0) is 25.7 Å². The van der Waals surface area contributed by atoms with E-state index in [1.165, 1.54) is 31.5 Å². The first-order chi connectivity index (χ1) is 6.40. The van der Waals surface area contributed by atoms with Gasteiger partial charge in [0.2, 0.25) is 0 Å². The molecule has 1 aromatic rings. The van der Waals surface area contributed by atoms with Crippen molar-refractivity contribution in [3.8, 4) is 0 Å². The molecule has 1 heterocycles. The molecule has 4 nitrogen and oxygen atoms in total. The molecule has 0 radical (unpaired) electrons. The Bertz CT molecular complexity index is 331. The van der Waals surface area contributed by atoms with Crippen molar-refractivity contribution in [1.29, 1.82) is 0 Å². The lowest BCUT2D eigenvalue weighted by atomic mass is 10.4. The van der Waals surface area contributed by atoms with Gasteiger partial charge < -0.3 is 10.3 Å². The van der Waals surface area contributed by atoms with Gasteiger partial charge in [-0.15, -0.1) is 35.0 Å². The molecule has 2 aliphatic rings. The van der Waals surface area contributed by atoms with Gasteiger partial charge in [-0.2, -0.15) is 0 Å². The maximum Gasteiger partial charge on any atom is 0.147 e. The second-order valence-corrected chi connectivity index (χ2v) is 4.05. The van der Waals surface area contributed by atoms with E-state index in [2.05, 4.69) is 14.8 Å². The maximum absolute atomic E-state index is 5.63. The summed E-state index contributed by atoms with van der Waals surface area (Å²) in [6.45, 7) is 0.524. The molecule has 15 heavy (non-hydrogen) atoms. The lowest BCUT2D eigenvalue weighted by Gasteiger charge is -2.06. The highest BCUT2D eigenvalue weighted by Crippen LogP contribution is 2.44. The van der Waals surface area contributed by atoms with Crippen molar-refractivity contribution in [3.63, 3.8) is 0 Å². The minimum Gasteiger partial charge on any atom is -0.324 e. The van der Waals surface area contributed by atoms with E-state index < -0.39 is 0 Å². The van der Waals surface area contributed by atoms with Crippen LogP contribution >= 0.6 is 24.8 Å². The molecule has 1 aromatic heterocycles. The van der Waals surface area contributed by atoms with Crippen LogP contribution in [0.25, 0.3) is 0 Å². The molecule has 0 aliphatic heterocycles. The summed E-state index contributed by atoms with van der Waals surface area (Å²) in [7, 11) is 0. The van der Waals surface area contributed by atoms with Crippen molar-refractivity contribution in [3.05, 3.63) is 11.6 Å². The largest absolute Gasteiger partial charge is 0.324 e. The maximum atomic E-state index is 5.63. The van der Waals surface area contributed by atoms with E-state index in [0.29, 0.717) is 18.5 Å². The van der Waals surface area contributed by atoms with Crippen molar-refractivity contribution in [2.24, 2.45) is 5.73 Å². The number of nitrogens with two attached hydrogens (primary N) is 1. The topological polar surface area (TPSA) is 56.7 Å². The van der Waals surface area contributed by atoms with Crippen LogP contribution in [0.5, 0.6) is 0 Å². The minimum absolute atomic E-state index is 0. The molecule has 0 saturated heterocycles. The molecule has 0 aromatic carbocycles. The first-order valence-corrected chi connectivity index (χ1v) is 5.04. The van der Waals surface area contributed by atoms with Crippen LogP contribution in [-0.4, -0.2) is 14.8 Å². The van der Waals surface area contributed by atoms with Gasteiger partial charge in [0, 0.05) is 12.0 Å². The molecule has 0 unspecified atom stereocenters. The fourth-order valence-electron chi connectivity index (χ4n) is 1.83. The molecule has 86 valence electrons. The zero-order valence-electron chi connectivity index (χ0n) is 8.43. The van der Waals surface area contributed by atoms with E-state index in [9.17, 15) is 0 Å². The summed E-state index contributed by atoms with van der Waals surface area (Å²) in [4.78, 5) is 0. The smallest absolute Gasteiger partial charge is 0.147 e. The van der Waals surface area contributed by atoms with Crippen molar-refractivity contribution < 1.29 is 0 Å². The predicted octanol–water partition coefficient (Wildman–Crippen LogP) is 1.79. The van der Waals surface area contributed by atoms with Crippen LogP contribution in [0.1, 0.15) is 49.3 Å². The first kappa shape index (κ1) is 12.7. The fourth-order valence-corrected chi connectivity index (χ4v) is 1.83. The molecule has 0 amide bonds. The lowest BCUT2D eigenvalue weighted by Crippen LogP contribution is -2.09. The van der Waals surface area contributed by atoms with E-state index in [4.69, 9.17) is 5.73 Å². The quantitative estimate of drug-likeness (QED) is 0.891. The summed E-state index contributed by atoms with van der Waals surface area (Å²) in [5.74, 6) is 2.86. The Morgan fingerprint density at radius 1 is 1.13 bits per heavy atom. The average Bonchev–Trinajstić information content (AvgIpc) is 3.03. The highest BCUT2D eigenvalue weighted by Gasteiger charge is 2.35. The molecule has 0 spiro atoms. The van der Waals surface area contributed by atoms with Crippen molar-refractivity contribution in [2.45, 2.75) is 44.2 Å². The summed E-state index contributed by atoms with van der Waals surface area (Å²) in [6, 6.07) is 0.671. The lowest BCUT2D eigenvalue weighted by molar-refractivity contribution is 0.645. The van der Waals surface area contributed by atoms with E-state index in [0.717, 1.165) is 5.82 Å². The SMILES string of the molecule is Cl.Cl.NCc1nnc(C2CC2)n1C1CC1. The number of rotatable bonds is 3. The van der Waals surface area contributed by atoms with E-state index in [1.807, 2.05) is 0 Å². The number of aromatic nitrogens is 3. The molecule has 0 atom stereocenters. The Morgan fingerprint density at radius 2 is 1.80 bits per heavy atom. The Hall–Kier alpha value is -0.320. The van der Waals surface area contributed by atoms with Gasteiger partial charge in [-0.3, -0.25) is 0 Å². The fraction of sp³-hybridized carbons (Fsp3) is 0.778. The van der Waals surface area contributed by atoms with Gasteiger partial charge in [0.15, 0.2) is 0 Å². The second kappa shape index (κ2) is 4.68. The number of nitrogens with zero attached hydrogens (tertiary/aromatic N) is 3. The molecule has 2 saturated carbocycles. The van der Waals surface area contributed by atoms with Crippen LogP contribution in [-0.2, 0) is 6.54 Å². The van der Waals surface area contributed by atoms with E-state index >= 15 is 0 Å². The third kappa shape index (κ3) is 2.27. The third-order valence-electron chi connectivity index (χ3n) is 2.83. The van der Waals surface area contributed by atoms with Crippen molar-refractivity contribution in [1.82, 2.24) is 14.8 Å². The molecule has 2 N–H and O–H groups in total. The standard InChI is InChI=1S/C9H14N4.2ClH/c10-5-8-11-12-9(6-1-2-6)13(8)7-3-4-7;;/h6-7H,1-5,10H2;2*1H. The Labute approximate surface area is 101 Å². The number of halogens is 2. The summed E-state index contributed by atoms with van der Waals surface area (Å²) >= 11 is 0. The highest BCUT2D eigenvalue weighted by molar-refractivity contribution is 5.85.